The molecule has 36 heavy (non-hydrogen) atoms. The number of rotatable bonds is 7. The highest BCUT2D eigenvalue weighted by molar-refractivity contribution is 9.11. The molecule has 2 N–H and O–H groups in total. The van der Waals surface area contributed by atoms with Crippen molar-refractivity contribution in [2.45, 2.75) is 27.7 Å². The Morgan fingerprint density at radius 2 is 1.64 bits per heavy atom. The quantitative estimate of drug-likeness (QED) is 0.222. The van der Waals surface area contributed by atoms with Gasteiger partial charge in [0.1, 0.15) is 17.4 Å². The Morgan fingerprint density at radius 1 is 0.944 bits per heavy atom. The standard InChI is InChI=1S/C28H25Br2N3O3/c1-16-8-9-22(10-18(16)3)32-26(34)15-36-27-23(29)12-20(13-24(27)30)11-21(14-31)28(35)33-25-7-5-6-17(2)19(25)4/h5-13H,15H2,1-4H3,(H,32,34)(H,33,35)/b21-11-. The number of carbonyl (C=O) groups is 2. The van der Waals surface area contributed by atoms with Gasteiger partial charge in [-0.1, -0.05) is 18.2 Å². The molecule has 3 aromatic carbocycles. The number of benzene rings is 3. The molecule has 184 valence electrons. The molecule has 0 aliphatic heterocycles. The van der Waals surface area contributed by atoms with Crippen LogP contribution in [0.4, 0.5) is 11.4 Å². The third-order valence-corrected chi connectivity index (χ3v) is 6.87. The van der Waals surface area contributed by atoms with E-state index in [1.807, 2.05) is 64.1 Å². The predicted molar refractivity (Wildman–Crippen MR) is 150 cm³/mol. The summed E-state index contributed by atoms with van der Waals surface area (Å²) in [5.74, 6) is -0.363. The third kappa shape index (κ3) is 6.84. The van der Waals surface area contributed by atoms with Gasteiger partial charge in [0.25, 0.3) is 11.8 Å². The first-order chi connectivity index (χ1) is 17.1. The molecule has 0 saturated carbocycles. The third-order valence-electron chi connectivity index (χ3n) is 5.69. The van der Waals surface area contributed by atoms with Gasteiger partial charge in [0.2, 0.25) is 0 Å². The zero-order valence-corrected chi connectivity index (χ0v) is 23.5. The molecule has 0 unspecified atom stereocenters. The molecular formula is C28H25Br2N3O3. The first kappa shape index (κ1) is 27.2. The van der Waals surface area contributed by atoms with E-state index in [1.54, 1.807) is 18.2 Å². The average molecular weight is 611 g/mol. The number of amides is 2. The minimum absolute atomic E-state index is 0.0452. The van der Waals surface area contributed by atoms with Crippen LogP contribution in [0.3, 0.4) is 0 Å². The fourth-order valence-electron chi connectivity index (χ4n) is 3.35. The first-order valence-electron chi connectivity index (χ1n) is 11.1. The lowest BCUT2D eigenvalue weighted by molar-refractivity contribution is -0.118. The van der Waals surface area contributed by atoms with Crippen LogP contribution in [0, 0.1) is 39.0 Å². The van der Waals surface area contributed by atoms with Gasteiger partial charge in [-0.05, 0) is 124 Å². The summed E-state index contributed by atoms with van der Waals surface area (Å²) in [4.78, 5) is 25.1. The van der Waals surface area contributed by atoms with Gasteiger partial charge in [0.15, 0.2) is 6.61 Å². The van der Waals surface area contributed by atoms with E-state index >= 15 is 0 Å². The number of hydrogen-bond donors (Lipinski definition) is 2. The van der Waals surface area contributed by atoms with Crippen LogP contribution in [-0.2, 0) is 9.59 Å². The minimum Gasteiger partial charge on any atom is -0.481 e. The number of halogens is 2. The zero-order chi connectivity index (χ0) is 26.4. The molecular weight excluding hydrogens is 586 g/mol. The average Bonchev–Trinajstić information content (AvgIpc) is 2.82. The smallest absolute Gasteiger partial charge is 0.266 e. The Morgan fingerprint density at radius 3 is 2.28 bits per heavy atom. The predicted octanol–water partition coefficient (Wildman–Crippen LogP) is 7.01. The van der Waals surface area contributed by atoms with E-state index in [0.29, 0.717) is 31.6 Å². The molecule has 3 aromatic rings. The maximum atomic E-state index is 12.7. The van der Waals surface area contributed by atoms with E-state index in [-0.39, 0.29) is 18.1 Å². The van der Waals surface area contributed by atoms with Gasteiger partial charge < -0.3 is 15.4 Å². The summed E-state index contributed by atoms with van der Waals surface area (Å²) >= 11 is 6.91. The summed E-state index contributed by atoms with van der Waals surface area (Å²) in [5.41, 5.74) is 6.14. The monoisotopic (exact) mass is 609 g/mol. The lowest BCUT2D eigenvalue weighted by Crippen LogP contribution is -2.20. The van der Waals surface area contributed by atoms with Crippen LogP contribution in [0.25, 0.3) is 6.08 Å². The number of nitrogens with zero attached hydrogens (tertiary/aromatic N) is 1. The van der Waals surface area contributed by atoms with Crippen LogP contribution < -0.4 is 15.4 Å². The van der Waals surface area contributed by atoms with E-state index in [9.17, 15) is 14.9 Å². The number of hydrogen-bond acceptors (Lipinski definition) is 4. The van der Waals surface area contributed by atoms with Crippen molar-refractivity contribution in [2.75, 3.05) is 17.2 Å². The Kier molecular flexibility index (Phi) is 9.08. The van der Waals surface area contributed by atoms with E-state index in [1.165, 1.54) is 6.08 Å². The van der Waals surface area contributed by atoms with Gasteiger partial charge in [-0.2, -0.15) is 5.26 Å². The van der Waals surface area contributed by atoms with Crippen molar-refractivity contribution in [2.24, 2.45) is 0 Å². The number of ether oxygens (including phenoxy) is 1. The van der Waals surface area contributed by atoms with Crippen LogP contribution in [-0.4, -0.2) is 18.4 Å². The lowest BCUT2D eigenvalue weighted by Gasteiger charge is -2.13. The van der Waals surface area contributed by atoms with Crippen LogP contribution >= 0.6 is 31.9 Å². The molecule has 6 nitrogen and oxygen atoms in total. The van der Waals surface area contributed by atoms with Gasteiger partial charge >= 0.3 is 0 Å². The molecule has 0 aliphatic carbocycles. The molecule has 8 heteroatoms. The van der Waals surface area contributed by atoms with Crippen LogP contribution in [0.15, 0.2) is 63.0 Å². The first-order valence-corrected chi connectivity index (χ1v) is 12.7. The Hall–Kier alpha value is -3.41. The largest absolute Gasteiger partial charge is 0.481 e. The van der Waals surface area contributed by atoms with E-state index in [0.717, 1.165) is 22.3 Å². The topological polar surface area (TPSA) is 91.2 Å². The van der Waals surface area contributed by atoms with Crippen LogP contribution in [0.2, 0.25) is 0 Å². The molecule has 0 atom stereocenters. The van der Waals surface area contributed by atoms with Gasteiger partial charge in [-0.25, -0.2) is 0 Å². The molecule has 0 heterocycles. The molecule has 0 radical (unpaired) electrons. The number of carbonyl (C=O) groups excluding carboxylic acids is 2. The van der Waals surface area contributed by atoms with E-state index in [2.05, 4.69) is 42.5 Å². The highest BCUT2D eigenvalue weighted by Gasteiger charge is 2.15. The number of nitriles is 1. The highest BCUT2D eigenvalue weighted by atomic mass is 79.9. The Bertz CT molecular complexity index is 1380. The molecule has 3 rings (SSSR count). The number of aryl methyl sites for hydroxylation is 3. The Balaban J connectivity index is 1.71. The summed E-state index contributed by atoms with van der Waals surface area (Å²) in [6, 6.07) is 16.7. The molecule has 0 aliphatic rings. The van der Waals surface area contributed by atoms with Crippen LogP contribution in [0.1, 0.15) is 27.8 Å². The maximum Gasteiger partial charge on any atom is 0.266 e. The second-order valence-electron chi connectivity index (χ2n) is 8.32. The SMILES string of the molecule is Cc1ccc(NC(=O)COc2c(Br)cc(/C=C(/C#N)C(=O)Nc3cccc(C)c3C)cc2Br)cc1C. The van der Waals surface area contributed by atoms with Gasteiger partial charge in [0.05, 0.1) is 8.95 Å². The molecule has 0 aromatic heterocycles. The van der Waals surface area contributed by atoms with Gasteiger partial charge in [-0.3, -0.25) is 9.59 Å². The normalized spacial score (nSPS) is 11.0. The second-order valence-corrected chi connectivity index (χ2v) is 10.0. The molecule has 0 bridgehead atoms. The van der Waals surface area contributed by atoms with Gasteiger partial charge in [-0.15, -0.1) is 0 Å². The van der Waals surface area contributed by atoms with Crippen molar-refractivity contribution in [3.05, 3.63) is 90.9 Å². The number of nitrogens with one attached hydrogen (secondary N) is 2. The van der Waals surface area contributed by atoms with Crippen molar-refractivity contribution in [3.63, 3.8) is 0 Å². The summed E-state index contributed by atoms with van der Waals surface area (Å²) < 4.78 is 6.85. The van der Waals surface area contributed by atoms with Crippen LogP contribution in [0.5, 0.6) is 5.75 Å². The second kappa shape index (κ2) is 12.0. The van der Waals surface area contributed by atoms with Gasteiger partial charge in [0, 0.05) is 11.4 Å². The van der Waals surface area contributed by atoms with Crippen molar-refractivity contribution < 1.29 is 14.3 Å². The minimum atomic E-state index is -0.498. The number of anilines is 2. The van der Waals surface area contributed by atoms with Crippen molar-refractivity contribution in [3.8, 4) is 11.8 Å². The van der Waals surface area contributed by atoms with E-state index < -0.39 is 5.91 Å². The molecule has 0 fully saturated rings. The fraction of sp³-hybridized carbons (Fsp3) is 0.179. The van der Waals surface area contributed by atoms with Crippen molar-refractivity contribution in [1.29, 1.82) is 5.26 Å². The summed E-state index contributed by atoms with van der Waals surface area (Å²) in [6.45, 7) is 7.67. The van der Waals surface area contributed by atoms with Crippen molar-refractivity contribution >= 4 is 61.1 Å². The van der Waals surface area contributed by atoms with E-state index in [4.69, 9.17) is 4.74 Å². The van der Waals surface area contributed by atoms with Crippen molar-refractivity contribution in [1.82, 2.24) is 0 Å². The highest BCUT2D eigenvalue weighted by Crippen LogP contribution is 2.35. The zero-order valence-electron chi connectivity index (χ0n) is 20.3. The lowest BCUT2D eigenvalue weighted by atomic mass is 10.1. The summed E-state index contributed by atoms with van der Waals surface area (Å²) in [6.07, 6.45) is 1.49. The Labute approximate surface area is 227 Å². The molecule has 2 amide bonds. The fourth-order valence-corrected chi connectivity index (χ4v) is 4.80. The molecule has 0 spiro atoms. The summed E-state index contributed by atoms with van der Waals surface area (Å²) in [5, 5.41) is 15.2. The maximum absolute atomic E-state index is 12.7. The summed E-state index contributed by atoms with van der Waals surface area (Å²) in [7, 11) is 0. The molecule has 0 saturated heterocycles.